The summed E-state index contributed by atoms with van der Waals surface area (Å²) in [5, 5.41) is 0. The molecular weight excluding hydrogens is 168 g/mol. The van der Waals surface area contributed by atoms with Crippen LogP contribution in [0.25, 0.3) is 0 Å². The first-order valence-corrected chi connectivity index (χ1v) is 5.93. The van der Waals surface area contributed by atoms with E-state index in [-0.39, 0.29) is 0 Å². The molecule has 2 aliphatic carbocycles. The van der Waals surface area contributed by atoms with E-state index in [9.17, 15) is 0 Å². The van der Waals surface area contributed by atoms with E-state index >= 15 is 0 Å². The maximum Gasteiger partial charge on any atom is -0.0196 e. The van der Waals surface area contributed by atoms with Crippen molar-refractivity contribution < 1.29 is 0 Å². The minimum absolute atomic E-state index is 0.825. The van der Waals surface area contributed by atoms with Crippen LogP contribution in [0.5, 0.6) is 0 Å². The lowest BCUT2D eigenvalue weighted by atomic mass is 9.89. The van der Waals surface area contributed by atoms with E-state index in [1.807, 2.05) is 0 Å². The van der Waals surface area contributed by atoms with Crippen LogP contribution in [0.15, 0.2) is 36.5 Å². The zero-order valence-electron chi connectivity index (χ0n) is 8.86. The maximum absolute atomic E-state index is 2.47. The lowest BCUT2D eigenvalue weighted by Crippen LogP contribution is -2.02. The van der Waals surface area contributed by atoms with Crippen LogP contribution in [0.1, 0.15) is 38.5 Å². The molecular formula is C14H20. The van der Waals surface area contributed by atoms with E-state index in [4.69, 9.17) is 0 Å². The summed E-state index contributed by atoms with van der Waals surface area (Å²) in [7, 11) is 0. The fourth-order valence-corrected chi connectivity index (χ4v) is 2.30. The SMILES string of the molecule is C1=CC[C@@H](/C=C/[C@@H]2CC=CCC2)CC1. The van der Waals surface area contributed by atoms with Crippen molar-refractivity contribution in [2.24, 2.45) is 11.8 Å². The summed E-state index contributed by atoms with van der Waals surface area (Å²) in [6.07, 6.45) is 22.0. The van der Waals surface area contributed by atoms with Gasteiger partial charge < -0.3 is 0 Å². The van der Waals surface area contributed by atoms with Crippen molar-refractivity contribution in [2.75, 3.05) is 0 Å². The van der Waals surface area contributed by atoms with Gasteiger partial charge in [0.05, 0.1) is 0 Å². The summed E-state index contributed by atoms with van der Waals surface area (Å²) in [5.74, 6) is 1.65. The lowest BCUT2D eigenvalue weighted by Gasteiger charge is -2.16. The number of hydrogen-bond acceptors (Lipinski definition) is 0. The van der Waals surface area contributed by atoms with Gasteiger partial charge in [-0.15, -0.1) is 0 Å². The van der Waals surface area contributed by atoms with Crippen molar-refractivity contribution in [3.05, 3.63) is 36.5 Å². The molecule has 0 aromatic carbocycles. The second-order valence-electron chi connectivity index (χ2n) is 4.47. The van der Waals surface area contributed by atoms with Gasteiger partial charge in [0.2, 0.25) is 0 Å². The van der Waals surface area contributed by atoms with Gasteiger partial charge >= 0.3 is 0 Å². The number of rotatable bonds is 2. The molecule has 0 bridgehead atoms. The predicted molar refractivity (Wildman–Crippen MR) is 62.1 cm³/mol. The highest BCUT2D eigenvalue weighted by molar-refractivity contribution is 5.03. The van der Waals surface area contributed by atoms with E-state index in [1.165, 1.54) is 38.5 Å². The van der Waals surface area contributed by atoms with Crippen LogP contribution in [-0.4, -0.2) is 0 Å². The first-order valence-electron chi connectivity index (χ1n) is 5.93. The van der Waals surface area contributed by atoms with E-state index in [2.05, 4.69) is 36.5 Å². The molecule has 2 atom stereocenters. The third kappa shape index (κ3) is 2.87. The van der Waals surface area contributed by atoms with Gasteiger partial charge in [-0.1, -0.05) is 36.5 Å². The Hall–Kier alpha value is -0.780. The van der Waals surface area contributed by atoms with Gasteiger partial charge in [0, 0.05) is 0 Å². The monoisotopic (exact) mass is 188 g/mol. The van der Waals surface area contributed by atoms with Crippen LogP contribution in [-0.2, 0) is 0 Å². The Balaban J connectivity index is 1.80. The summed E-state index contributed by atoms with van der Waals surface area (Å²) in [4.78, 5) is 0. The van der Waals surface area contributed by atoms with Crippen molar-refractivity contribution in [3.8, 4) is 0 Å². The van der Waals surface area contributed by atoms with E-state index < -0.39 is 0 Å². The summed E-state index contributed by atoms with van der Waals surface area (Å²) in [6, 6.07) is 0. The third-order valence-electron chi connectivity index (χ3n) is 3.27. The third-order valence-corrected chi connectivity index (χ3v) is 3.27. The van der Waals surface area contributed by atoms with Crippen molar-refractivity contribution in [1.82, 2.24) is 0 Å². The molecule has 0 nitrogen and oxygen atoms in total. The molecule has 0 heterocycles. The minimum Gasteiger partial charge on any atom is -0.0885 e. The first kappa shape index (κ1) is 9.76. The van der Waals surface area contributed by atoms with Gasteiger partial charge in [-0.25, -0.2) is 0 Å². The van der Waals surface area contributed by atoms with Gasteiger partial charge in [-0.3, -0.25) is 0 Å². The average Bonchev–Trinajstić information content (AvgIpc) is 2.29. The molecule has 76 valence electrons. The minimum atomic E-state index is 0.825. The number of hydrogen-bond donors (Lipinski definition) is 0. The second-order valence-corrected chi connectivity index (χ2v) is 4.47. The standard InChI is InChI=1S/C14H20/c1-3-7-13(8-4-1)11-12-14-9-5-2-6-10-14/h1-3,5,11-14H,4,6-10H2/b12-11+/t13-,14-/m1/s1. The normalized spacial score (nSPS) is 32.6. The van der Waals surface area contributed by atoms with Gasteiger partial charge in [-0.2, -0.15) is 0 Å². The Morgan fingerprint density at radius 3 is 1.57 bits per heavy atom. The quantitative estimate of drug-likeness (QED) is 0.568. The summed E-state index contributed by atoms with van der Waals surface area (Å²) < 4.78 is 0. The second kappa shape index (κ2) is 5.19. The Morgan fingerprint density at radius 2 is 1.21 bits per heavy atom. The molecule has 0 aromatic rings. The van der Waals surface area contributed by atoms with Crippen molar-refractivity contribution in [3.63, 3.8) is 0 Å². The van der Waals surface area contributed by atoms with Gasteiger partial charge in [0.25, 0.3) is 0 Å². The van der Waals surface area contributed by atoms with Crippen molar-refractivity contribution >= 4 is 0 Å². The fourth-order valence-electron chi connectivity index (χ4n) is 2.30. The van der Waals surface area contributed by atoms with Crippen molar-refractivity contribution in [1.29, 1.82) is 0 Å². The highest BCUT2D eigenvalue weighted by Gasteiger charge is 2.08. The van der Waals surface area contributed by atoms with E-state index in [0.29, 0.717) is 0 Å². The first-order chi connectivity index (χ1) is 6.95. The smallest absolute Gasteiger partial charge is 0.0196 e. The molecule has 0 aromatic heterocycles. The summed E-state index contributed by atoms with van der Waals surface area (Å²) in [6.45, 7) is 0. The molecule has 0 N–H and O–H groups in total. The molecule has 2 rings (SSSR count). The zero-order valence-corrected chi connectivity index (χ0v) is 8.86. The van der Waals surface area contributed by atoms with Crippen LogP contribution in [0.2, 0.25) is 0 Å². The average molecular weight is 188 g/mol. The van der Waals surface area contributed by atoms with E-state index in [1.54, 1.807) is 0 Å². The molecule has 14 heavy (non-hydrogen) atoms. The highest BCUT2D eigenvalue weighted by Crippen LogP contribution is 2.23. The van der Waals surface area contributed by atoms with Crippen LogP contribution < -0.4 is 0 Å². The van der Waals surface area contributed by atoms with Gasteiger partial charge in [0.15, 0.2) is 0 Å². The molecule has 0 amide bonds. The lowest BCUT2D eigenvalue weighted by molar-refractivity contribution is 0.553. The maximum atomic E-state index is 2.47. The topological polar surface area (TPSA) is 0 Å². The van der Waals surface area contributed by atoms with Gasteiger partial charge in [-0.05, 0) is 50.4 Å². The number of allylic oxidation sites excluding steroid dienone is 6. The van der Waals surface area contributed by atoms with Crippen molar-refractivity contribution in [2.45, 2.75) is 38.5 Å². The molecule has 0 unspecified atom stereocenters. The van der Waals surface area contributed by atoms with Crippen LogP contribution in [0, 0.1) is 11.8 Å². The van der Waals surface area contributed by atoms with E-state index in [0.717, 1.165) is 11.8 Å². The fraction of sp³-hybridized carbons (Fsp3) is 0.571. The van der Waals surface area contributed by atoms with Crippen LogP contribution >= 0.6 is 0 Å². The van der Waals surface area contributed by atoms with Crippen LogP contribution in [0.4, 0.5) is 0 Å². The molecule has 2 aliphatic rings. The molecule has 0 heteroatoms. The molecule has 0 saturated carbocycles. The Bertz CT molecular complexity index is 219. The van der Waals surface area contributed by atoms with Gasteiger partial charge in [0.1, 0.15) is 0 Å². The Morgan fingerprint density at radius 1 is 0.714 bits per heavy atom. The predicted octanol–water partition coefficient (Wildman–Crippen LogP) is 4.26. The molecule has 0 radical (unpaired) electrons. The molecule has 0 fully saturated rings. The Kier molecular flexibility index (Phi) is 3.62. The molecule has 0 spiro atoms. The molecule has 0 saturated heterocycles. The Labute approximate surface area is 87.4 Å². The highest BCUT2D eigenvalue weighted by atomic mass is 14.1. The summed E-state index contributed by atoms with van der Waals surface area (Å²) in [5.41, 5.74) is 0. The molecule has 0 aliphatic heterocycles. The van der Waals surface area contributed by atoms with Crippen LogP contribution in [0.3, 0.4) is 0 Å². The largest absolute Gasteiger partial charge is 0.0885 e. The summed E-state index contributed by atoms with van der Waals surface area (Å²) >= 11 is 0. The zero-order chi connectivity index (χ0) is 9.64.